The van der Waals surface area contributed by atoms with Crippen molar-refractivity contribution >= 4 is 13.6 Å². The van der Waals surface area contributed by atoms with Crippen LogP contribution in [0.3, 0.4) is 0 Å². The molecule has 64 valence electrons. The summed E-state index contributed by atoms with van der Waals surface area (Å²) < 4.78 is 0. The zero-order valence-electron chi connectivity index (χ0n) is 7.73. The van der Waals surface area contributed by atoms with Gasteiger partial charge in [0.25, 0.3) is 0 Å². The van der Waals surface area contributed by atoms with E-state index in [0.29, 0.717) is 0 Å². The van der Waals surface area contributed by atoms with Crippen molar-refractivity contribution in [3.05, 3.63) is 0 Å². The van der Waals surface area contributed by atoms with E-state index >= 15 is 0 Å². The van der Waals surface area contributed by atoms with Crippen molar-refractivity contribution < 1.29 is 0 Å². The summed E-state index contributed by atoms with van der Waals surface area (Å²) in [7, 11) is 3.60. The third kappa shape index (κ3) is 9.73. The molecule has 0 fully saturated rings. The van der Waals surface area contributed by atoms with E-state index in [9.17, 15) is 0 Å². The Bertz CT molecular complexity index is 83.6. The van der Waals surface area contributed by atoms with Gasteiger partial charge in [0.2, 0.25) is 0 Å². The summed E-state index contributed by atoms with van der Waals surface area (Å²) >= 11 is 0. The van der Waals surface area contributed by atoms with Gasteiger partial charge in [-0.3, -0.25) is 0 Å². The summed E-state index contributed by atoms with van der Waals surface area (Å²) in [5.74, 6) is 0. The number of hydrogen-bond donors (Lipinski definition) is 1. The molecule has 0 aromatic rings. The quantitative estimate of drug-likeness (QED) is 0.412. The SMILES string of the molecule is B=CNCCCCCCCC. The van der Waals surface area contributed by atoms with Crippen molar-refractivity contribution in [3.63, 3.8) is 0 Å². The van der Waals surface area contributed by atoms with Crippen LogP contribution in [0.4, 0.5) is 0 Å². The van der Waals surface area contributed by atoms with Gasteiger partial charge in [0, 0.05) is 0 Å². The van der Waals surface area contributed by atoms with Crippen LogP contribution in [-0.4, -0.2) is 20.1 Å². The predicted octanol–water partition coefficient (Wildman–Crippen LogP) is 1.60. The Balaban J connectivity index is 2.74. The van der Waals surface area contributed by atoms with E-state index in [1.165, 1.54) is 38.5 Å². The van der Waals surface area contributed by atoms with Crippen LogP contribution < -0.4 is 5.32 Å². The van der Waals surface area contributed by atoms with E-state index in [0.717, 1.165) is 6.54 Å². The minimum atomic E-state index is 1.09. The van der Waals surface area contributed by atoms with Crippen LogP contribution in [0.1, 0.15) is 45.4 Å². The second kappa shape index (κ2) is 9.73. The van der Waals surface area contributed by atoms with Crippen molar-refractivity contribution in [2.45, 2.75) is 45.4 Å². The van der Waals surface area contributed by atoms with Crippen LogP contribution in [0.2, 0.25) is 0 Å². The molecule has 1 N–H and O–H groups in total. The maximum atomic E-state index is 3.60. The minimum absolute atomic E-state index is 1.09. The summed E-state index contributed by atoms with van der Waals surface area (Å²) in [4.78, 5) is 0. The Morgan fingerprint density at radius 1 is 1.09 bits per heavy atom. The van der Waals surface area contributed by atoms with Crippen molar-refractivity contribution in [3.8, 4) is 0 Å². The molecule has 0 heterocycles. The molecule has 0 bridgehead atoms. The van der Waals surface area contributed by atoms with E-state index < -0.39 is 0 Å². The van der Waals surface area contributed by atoms with Crippen molar-refractivity contribution in [1.29, 1.82) is 0 Å². The fourth-order valence-electron chi connectivity index (χ4n) is 1.11. The Labute approximate surface area is 71.6 Å². The molecule has 0 atom stereocenters. The third-order valence-electron chi connectivity index (χ3n) is 1.82. The fourth-order valence-corrected chi connectivity index (χ4v) is 1.11. The van der Waals surface area contributed by atoms with E-state index in [4.69, 9.17) is 0 Å². The molecule has 0 aliphatic rings. The molecule has 0 aromatic heterocycles. The molecule has 1 nitrogen and oxygen atoms in total. The van der Waals surface area contributed by atoms with Crippen molar-refractivity contribution in [2.24, 2.45) is 0 Å². The number of nitrogens with one attached hydrogen (secondary N) is 1. The van der Waals surface area contributed by atoms with Gasteiger partial charge < -0.3 is 0 Å². The van der Waals surface area contributed by atoms with Gasteiger partial charge in [0.05, 0.1) is 0 Å². The number of unbranched alkanes of at least 4 members (excludes halogenated alkanes) is 5. The first-order valence-corrected chi connectivity index (χ1v) is 4.76. The van der Waals surface area contributed by atoms with Gasteiger partial charge in [-0.1, -0.05) is 0 Å². The van der Waals surface area contributed by atoms with E-state index in [-0.39, 0.29) is 0 Å². The van der Waals surface area contributed by atoms with E-state index in [2.05, 4.69) is 19.7 Å². The normalized spacial score (nSPS) is 9.45. The van der Waals surface area contributed by atoms with Gasteiger partial charge in [0.15, 0.2) is 0 Å². The second-order valence-electron chi connectivity index (χ2n) is 2.93. The molecule has 0 unspecified atom stereocenters. The first-order chi connectivity index (χ1) is 5.41. The molecule has 0 saturated heterocycles. The van der Waals surface area contributed by atoms with E-state index in [1.807, 2.05) is 0 Å². The molecule has 0 aliphatic heterocycles. The van der Waals surface area contributed by atoms with Gasteiger partial charge in [-0.25, -0.2) is 0 Å². The van der Waals surface area contributed by atoms with E-state index in [1.54, 1.807) is 6.09 Å². The molecule has 11 heavy (non-hydrogen) atoms. The molecular weight excluding hydrogens is 133 g/mol. The molecule has 0 radical (unpaired) electrons. The third-order valence-corrected chi connectivity index (χ3v) is 1.82. The predicted molar refractivity (Wildman–Crippen MR) is 54.6 cm³/mol. The first kappa shape index (κ1) is 10.7. The fraction of sp³-hybridized carbons (Fsp3) is 0.889. The molecule has 0 aliphatic carbocycles. The Morgan fingerprint density at radius 2 is 1.73 bits per heavy atom. The summed E-state index contributed by atoms with van der Waals surface area (Å²) in [5.41, 5.74) is 0. The molecule has 0 spiro atoms. The number of rotatable bonds is 8. The molecule has 0 saturated carbocycles. The van der Waals surface area contributed by atoms with Crippen LogP contribution in [0.25, 0.3) is 0 Å². The van der Waals surface area contributed by atoms with Gasteiger partial charge in [-0.15, -0.1) is 0 Å². The van der Waals surface area contributed by atoms with Crippen LogP contribution >= 0.6 is 0 Å². The summed E-state index contributed by atoms with van der Waals surface area (Å²) in [5, 5.41) is 3.10. The van der Waals surface area contributed by atoms with Gasteiger partial charge in [0.1, 0.15) is 0 Å². The van der Waals surface area contributed by atoms with Gasteiger partial charge >= 0.3 is 70.9 Å². The van der Waals surface area contributed by atoms with Crippen LogP contribution in [0.15, 0.2) is 0 Å². The van der Waals surface area contributed by atoms with Gasteiger partial charge in [-0.05, 0) is 0 Å². The van der Waals surface area contributed by atoms with Crippen LogP contribution in [0.5, 0.6) is 0 Å². The average Bonchev–Trinajstić information content (AvgIpc) is 2.03. The van der Waals surface area contributed by atoms with Crippen LogP contribution in [0, 0.1) is 0 Å². The average molecular weight is 153 g/mol. The van der Waals surface area contributed by atoms with Gasteiger partial charge in [-0.2, -0.15) is 0 Å². The zero-order valence-corrected chi connectivity index (χ0v) is 7.73. The number of hydrogen-bond acceptors (Lipinski definition) is 1. The summed E-state index contributed by atoms with van der Waals surface area (Å²) in [6.45, 7) is 3.34. The first-order valence-electron chi connectivity index (χ1n) is 4.76. The van der Waals surface area contributed by atoms with Crippen molar-refractivity contribution in [2.75, 3.05) is 6.54 Å². The van der Waals surface area contributed by atoms with Crippen LogP contribution in [-0.2, 0) is 0 Å². The second-order valence-corrected chi connectivity index (χ2v) is 2.93. The standard InChI is InChI=1S/C9H20BN/c1-2-3-4-5-6-7-8-11-9-10/h9-11H,2-8H2,1H3. The molecular formula is C9H20BN. The maximum absolute atomic E-state index is 3.60. The van der Waals surface area contributed by atoms with Crippen molar-refractivity contribution in [1.82, 2.24) is 5.32 Å². The molecule has 0 amide bonds. The Hall–Kier alpha value is -0.265. The monoisotopic (exact) mass is 153 g/mol. The molecule has 2 heteroatoms. The molecule has 0 rings (SSSR count). The summed E-state index contributed by atoms with van der Waals surface area (Å²) in [6.07, 6.45) is 9.96. The zero-order chi connectivity index (χ0) is 8.36. The Morgan fingerprint density at radius 3 is 2.36 bits per heavy atom. The Kier molecular flexibility index (Phi) is 9.50. The molecule has 0 aromatic carbocycles. The summed E-state index contributed by atoms with van der Waals surface area (Å²) in [6, 6.07) is 0. The topological polar surface area (TPSA) is 12.0 Å².